The van der Waals surface area contributed by atoms with Crippen molar-refractivity contribution in [2.24, 2.45) is 0 Å². The fraction of sp³-hybridized carbons (Fsp3) is 0.429. The van der Waals surface area contributed by atoms with Crippen LogP contribution >= 0.6 is 46.4 Å². The van der Waals surface area contributed by atoms with Crippen LogP contribution in [0.1, 0.15) is 24.0 Å². The second kappa shape index (κ2) is 11.9. The highest BCUT2D eigenvalue weighted by molar-refractivity contribution is 6.67. The Morgan fingerprint density at radius 1 is 0.842 bits per heavy atom. The van der Waals surface area contributed by atoms with Crippen molar-refractivity contribution in [1.29, 1.82) is 0 Å². The van der Waals surface area contributed by atoms with Crippen LogP contribution in [0.3, 0.4) is 0 Å². The number of hydrogen-bond acceptors (Lipinski definition) is 1. The van der Waals surface area contributed by atoms with Gasteiger partial charge in [0, 0.05) is 13.2 Å². The fourth-order valence-corrected chi connectivity index (χ4v) is 1.17. The highest BCUT2D eigenvalue weighted by Crippen LogP contribution is 2.20. The van der Waals surface area contributed by atoms with E-state index in [-0.39, 0.29) is 8.98 Å². The lowest BCUT2D eigenvalue weighted by Crippen LogP contribution is -1.74. The van der Waals surface area contributed by atoms with Crippen molar-refractivity contribution in [3.63, 3.8) is 0 Å². The third-order valence-electron chi connectivity index (χ3n) is 2.40. The monoisotopic (exact) mass is 342 g/mol. The third-order valence-corrected chi connectivity index (χ3v) is 3.54. The van der Waals surface area contributed by atoms with E-state index in [1.807, 2.05) is 0 Å². The van der Waals surface area contributed by atoms with Crippen molar-refractivity contribution >= 4 is 46.4 Å². The van der Waals surface area contributed by atoms with Gasteiger partial charge < -0.3 is 4.74 Å². The number of ether oxygens (including phenoxy) is 1. The Bertz CT molecular complexity index is 340. The first-order valence-electron chi connectivity index (χ1n) is 5.91. The summed E-state index contributed by atoms with van der Waals surface area (Å²) in [6.07, 6.45) is 2.56. The first kappa shape index (κ1) is 19.1. The van der Waals surface area contributed by atoms with Gasteiger partial charge in [-0.15, -0.1) is 0 Å². The number of benzene rings is 1. The maximum absolute atomic E-state index is 4.99. The third kappa shape index (κ3) is 11.6. The Morgan fingerprint density at radius 3 is 1.37 bits per heavy atom. The molecule has 1 heterocycles. The summed E-state index contributed by atoms with van der Waals surface area (Å²) in [7, 11) is 0. The lowest BCUT2D eigenvalue weighted by molar-refractivity contribution is 0.198. The average molecular weight is 344 g/mol. The molecule has 0 saturated carbocycles. The number of halogens is 4. The van der Waals surface area contributed by atoms with Gasteiger partial charge in [-0.05, 0) is 37.8 Å². The van der Waals surface area contributed by atoms with Gasteiger partial charge in [-0.1, -0.05) is 70.7 Å². The van der Waals surface area contributed by atoms with E-state index in [0.717, 1.165) is 13.2 Å². The quantitative estimate of drug-likeness (QED) is 0.547. The molecule has 1 aromatic rings. The van der Waals surface area contributed by atoms with E-state index in [9.17, 15) is 0 Å². The molecule has 0 bridgehead atoms. The fourth-order valence-electron chi connectivity index (χ4n) is 1.17. The summed E-state index contributed by atoms with van der Waals surface area (Å²) in [4.78, 5) is 0. The van der Waals surface area contributed by atoms with Crippen molar-refractivity contribution in [3.8, 4) is 0 Å². The molecule has 0 unspecified atom stereocenters. The van der Waals surface area contributed by atoms with E-state index in [0.29, 0.717) is 0 Å². The van der Waals surface area contributed by atoms with Crippen molar-refractivity contribution in [1.82, 2.24) is 0 Å². The van der Waals surface area contributed by atoms with Crippen LogP contribution in [0.4, 0.5) is 0 Å². The summed E-state index contributed by atoms with van der Waals surface area (Å²) in [6, 6.07) is 8.36. The topological polar surface area (TPSA) is 9.23 Å². The first-order chi connectivity index (χ1) is 8.95. The second-order valence-corrected chi connectivity index (χ2v) is 5.82. The molecular formula is C14H18Cl4O. The number of rotatable bonds is 0. The lowest BCUT2D eigenvalue weighted by Gasteiger charge is -1.93. The van der Waals surface area contributed by atoms with Gasteiger partial charge in [0.05, 0.1) is 0 Å². The van der Waals surface area contributed by atoms with Crippen LogP contribution in [0.25, 0.3) is 0 Å². The zero-order valence-electron chi connectivity index (χ0n) is 11.1. The summed E-state index contributed by atoms with van der Waals surface area (Å²) in [5, 5.41) is 0. The maximum Gasteiger partial charge on any atom is 0.136 e. The molecule has 0 N–H and O–H groups in total. The van der Waals surface area contributed by atoms with Crippen LogP contribution in [0.5, 0.6) is 0 Å². The smallest absolute Gasteiger partial charge is 0.136 e. The molecule has 0 atom stereocenters. The summed E-state index contributed by atoms with van der Waals surface area (Å²) in [6.45, 7) is 6.24. The number of aryl methyl sites for hydroxylation is 2. The van der Waals surface area contributed by atoms with Crippen LogP contribution in [-0.2, 0) is 4.74 Å². The van der Waals surface area contributed by atoms with Crippen LogP contribution in [-0.4, -0.2) is 13.2 Å². The van der Waals surface area contributed by atoms with Crippen LogP contribution in [0, 0.1) is 13.8 Å². The van der Waals surface area contributed by atoms with Gasteiger partial charge in [-0.25, -0.2) is 0 Å². The SMILES string of the molecule is C1CCOC1.Cc1ccccc1C.ClC(Cl)=C(Cl)Cl. The molecular weight excluding hydrogens is 326 g/mol. The molecule has 0 radical (unpaired) electrons. The van der Waals surface area contributed by atoms with E-state index >= 15 is 0 Å². The molecule has 0 aliphatic carbocycles. The molecule has 1 saturated heterocycles. The lowest BCUT2D eigenvalue weighted by atomic mass is 10.1. The normalized spacial score (nSPS) is 12.7. The van der Waals surface area contributed by atoms with Gasteiger partial charge in [-0.2, -0.15) is 0 Å². The van der Waals surface area contributed by atoms with Gasteiger partial charge in [0.25, 0.3) is 0 Å². The Morgan fingerprint density at radius 2 is 1.21 bits per heavy atom. The van der Waals surface area contributed by atoms with E-state index in [2.05, 4.69) is 38.1 Å². The molecule has 1 aromatic carbocycles. The molecule has 0 spiro atoms. The number of hydrogen-bond donors (Lipinski definition) is 0. The van der Waals surface area contributed by atoms with Gasteiger partial charge >= 0.3 is 0 Å². The Balaban J connectivity index is 0.000000264. The highest BCUT2D eigenvalue weighted by atomic mass is 35.5. The minimum atomic E-state index is -0.0988. The molecule has 5 heteroatoms. The van der Waals surface area contributed by atoms with E-state index < -0.39 is 0 Å². The first-order valence-corrected chi connectivity index (χ1v) is 7.42. The molecule has 108 valence electrons. The van der Waals surface area contributed by atoms with Gasteiger partial charge in [-0.3, -0.25) is 0 Å². The Labute approximate surface area is 135 Å². The Kier molecular flexibility index (Phi) is 11.9. The van der Waals surface area contributed by atoms with Crippen LogP contribution in [0.2, 0.25) is 0 Å². The van der Waals surface area contributed by atoms with Crippen molar-refractivity contribution in [3.05, 3.63) is 44.4 Å². The molecule has 1 fully saturated rings. The Hall–Kier alpha value is 0.0800. The van der Waals surface area contributed by atoms with E-state index in [4.69, 9.17) is 51.1 Å². The summed E-state index contributed by atoms with van der Waals surface area (Å²) in [5.74, 6) is 0. The zero-order valence-corrected chi connectivity index (χ0v) is 14.1. The van der Waals surface area contributed by atoms with E-state index in [1.165, 1.54) is 24.0 Å². The maximum atomic E-state index is 4.99. The van der Waals surface area contributed by atoms with Gasteiger partial charge in [0.2, 0.25) is 0 Å². The molecule has 0 aromatic heterocycles. The molecule has 1 aliphatic rings. The summed E-state index contributed by atoms with van der Waals surface area (Å²) < 4.78 is 4.75. The molecule has 0 amide bonds. The average Bonchev–Trinajstić information content (AvgIpc) is 2.92. The standard InChI is InChI=1S/C8H10.C4H8O.C2Cl4/c1-7-5-3-4-6-8(7)2;1-2-4-5-3-1;3-1(4)2(5)6/h3-6H,1-2H3;1-4H2;. The van der Waals surface area contributed by atoms with Gasteiger partial charge in [0.15, 0.2) is 0 Å². The largest absolute Gasteiger partial charge is 0.381 e. The minimum Gasteiger partial charge on any atom is -0.381 e. The van der Waals surface area contributed by atoms with Gasteiger partial charge in [0.1, 0.15) is 8.98 Å². The van der Waals surface area contributed by atoms with Crippen molar-refractivity contribution in [2.45, 2.75) is 26.7 Å². The predicted molar refractivity (Wildman–Crippen MR) is 86.4 cm³/mol. The predicted octanol–water partition coefficient (Wildman–Crippen LogP) is 6.17. The summed E-state index contributed by atoms with van der Waals surface area (Å²) >= 11 is 20.0. The van der Waals surface area contributed by atoms with Crippen molar-refractivity contribution in [2.75, 3.05) is 13.2 Å². The zero-order chi connectivity index (χ0) is 14.7. The summed E-state index contributed by atoms with van der Waals surface area (Å²) in [5.41, 5.74) is 2.74. The molecule has 19 heavy (non-hydrogen) atoms. The minimum absolute atomic E-state index is 0.0988. The highest BCUT2D eigenvalue weighted by Gasteiger charge is 1.94. The molecule has 1 nitrogen and oxygen atoms in total. The van der Waals surface area contributed by atoms with Crippen LogP contribution < -0.4 is 0 Å². The molecule has 2 rings (SSSR count). The molecule has 1 aliphatic heterocycles. The van der Waals surface area contributed by atoms with Crippen LogP contribution in [0.15, 0.2) is 33.2 Å². The van der Waals surface area contributed by atoms with E-state index in [1.54, 1.807) is 0 Å². The second-order valence-electron chi connectivity index (χ2n) is 3.92. The van der Waals surface area contributed by atoms with Crippen molar-refractivity contribution < 1.29 is 4.74 Å².